The Hall–Kier alpha value is -2.51. The lowest BCUT2D eigenvalue weighted by Gasteiger charge is -2.04. The molecule has 0 radical (unpaired) electrons. The molecule has 0 amide bonds. The molecule has 0 spiro atoms. The molecule has 0 aromatic carbocycles. The molecule has 0 bridgehead atoms. The fraction of sp³-hybridized carbons (Fsp3) is 0.222. The van der Waals surface area contributed by atoms with E-state index in [9.17, 15) is 0 Å². The summed E-state index contributed by atoms with van der Waals surface area (Å²) in [5.74, 6) is 1.64. The van der Waals surface area contributed by atoms with Gasteiger partial charge in [-0.2, -0.15) is 0 Å². The number of hydrogen-bond donors (Lipinski definition) is 1. The van der Waals surface area contributed by atoms with Crippen molar-refractivity contribution in [2.75, 3.05) is 5.32 Å². The van der Waals surface area contributed by atoms with Crippen molar-refractivity contribution in [3.8, 4) is 0 Å². The van der Waals surface area contributed by atoms with Gasteiger partial charge in [0.15, 0.2) is 5.65 Å². The second-order valence-electron chi connectivity index (χ2n) is 3.55. The van der Waals surface area contributed by atoms with Gasteiger partial charge in [0.25, 0.3) is 0 Å². The van der Waals surface area contributed by atoms with Crippen molar-refractivity contribution in [3.05, 3.63) is 30.4 Å². The SMILES string of the molecule is Cn1ccnc1CNc1ccc2nnnn2n1. The normalized spacial score (nSPS) is 10.9. The minimum Gasteiger partial charge on any atom is -0.361 e. The molecule has 8 heteroatoms. The number of aryl methyl sites for hydroxylation is 1. The van der Waals surface area contributed by atoms with Crippen LogP contribution in [0, 0.1) is 0 Å². The summed E-state index contributed by atoms with van der Waals surface area (Å²) < 4.78 is 3.32. The van der Waals surface area contributed by atoms with Gasteiger partial charge < -0.3 is 9.88 Å². The minimum absolute atomic E-state index is 0.601. The number of rotatable bonds is 3. The third-order valence-corrected chi connectivity index (χ3v) is 2.42. The molecule has 0 aliphatic heterocycles. The Morgan fingerprint density at radius 2 is 2.29 bits per heavy atom. The van der Waals surface area contributed by atoms with Gasteiger partial charge in [-0.05, 0) is 22.6 Å². The van der Waals surface area contributed by atoms with E-state index in [4.69, 9.17) is 0 Å². The number of fused-ring (bicyclic) bond motifs is 1. The zero-order valence-electron chi connectivity index (χ0n) is 9.15. The lowest BCUT2D eigenvalue weighted by atomic mass is 10.5. The third-order valence-electron chi connectivity index (χ3n) is 2.42. The van der Waals surface area contributed by atoms with E-state index in [-0.39, 0.29) is 0 Å². The van der Waals surface area contributed by atoms with Crippen LogP contribution in [0.25, 0.3) is 5.65 Å². The van der Waals surface area contributed by atoms with Gasteiger partial charge in [-0.1, -0.05) is 0 Å². The predicted octanol–water partition coefficient (Wildman–Crippen LogP) is -0.135. The molecular weight excluding hydrogens is 220 g/mol. The molecule has 0 unspecified atom stereocenters. The number of nitrogens with one attached hydrogen (secondary N) is 1. The van der Waals surface area contributed by atoms with Crippen LogP contribution in [-0.2, 0) is 13.6 Å². The average molecular weight is 230 g/mol. The fourth-order valence-corrected chi connectivity index (χ4v) is 1.48. The van der Waals surface area contributed by atoms with Crippen LogP contribution in [0.4, 0.5) is 5.82 Å². The van der Waals surface area contributed by atoms with E-state index >= 15 is 0 Å². The van der Waals surface area contributed by atoms with Gasteiger partial charge >= 0.3 is 0 Å². The van der Waals surface area contributed by atoms with Crippen LogP contribution in [0.5, 0.6) is 0 Å². The van der Waals surface area contributed by atoms with Gasteiger partial charge in [-0.15, -0.1) is 14.8 Å². The van der Waals surface area contributed by atoms with E-state index in [0.717, 1.165) is 5.82 Å². The molecule has 3 aromatic heterocycles. The first-order valence-corrected chi connectivity index (χ1v) is 5.08. The summed E-state index contributed by atoms with van der Waals surface area (Å²) in [5.41, 5.74) is 0.618. The Balaban J connectivity index is 1.78. The summed E-state index contributed by atoms with van der Waals surface area (Å²) >= 11 is 0. The van der Waals surface area contributed by atoms with Crippen molar-refractivity contribution in [1.82, 2.24) is 34.8 Å². The largest absolute Gasteiger partial charge is 0.361 e. The Labute approximate surface area is 96.3 Å². The Bertz CT molecular complexity index is 639. The topological polar surface area (TPSA) is 85.8 Å². The van der Waals surface area contributed by atoms with Crippen molar-refractivity contribution in [2.24, 2.45) is 7.05 Å². The Morgan fingerprint density at radius 1 is 1.35 bits per heavy atom. The van der Waals surface area contributed by atoms with Crippen LogP contribution in [0.15, 0.2) is 24.5 Å². The molecular formula is C9H10N8. The summed E-state index contributed by atoms with van der Waals surface area (Å²) in [5, 5.41) is 18.4. The molecule has 1 N–H and O–H groups in total. The number of anilines is 1. The lowest BCUT2D eigenvalue weighted by molar-refractivity contribution is 0.731. The van der Waals surface area contributed by atoms with Crippen LogP contribution >= 0.6 is 0 Å². The highest BCUT2D eigenvalue weighted by Gasteiger charge is 2.02. The van der Waals surface area contributed by atoms with Gasteiger partial charge in [0, 0.05) is 19.4 Å². The number of nitrogens with zero attached hydrogens (tertiary/aromatic N) is 7. The second kappa shape index (κ2) is 3.81. The molecule has 86 valence electrons. The fourth-order valence-electron chi connectivity index (χ4n) is 1.48. The highest BCUT2D eigenvalue weighted by molar-refractivity contribution is 5.42. The zero-order chi connectivity index (χ0) is 11.7. The molecule has 17 heavy (non-hydrogen) atoms. The van der Waals surface area contributed by atoms with Crippen molar-refractivity contribution in [3.63, 3.8) is 0 Å². The summed E-state index contributed by atoms with van der Waals surface area (Å²) in [6, 6.07) is 3.63. The van der Waals surface area contributed by atoms with E-state index in [1.54, 1.807) is 12.3 Å². The summed E-state index contributed by atoms with van der Waals surface area (Å²) in [4.78, 5) is 4.21. The number of hydrogen-bond acceptors (Lipinski definition) is 6. The van der Waals surface area contributed by atoms with E-state index in [1.165, 1.54) is 4.63 Å². The van der Waals surface area contributed by atoms with Gasteiger partial charge in [-0.3, -0.25) is 0 Å². The first kappa shape index (κ1) is 9.70. The zero-order valence-corrected chi connectivity index (χ0v) is 9.15. The molecule has 0 aliphatic carbocycles. The van der Waals surface area contributed by atoms with Crippen LogP contribution in [0.1, 0.15) is 5.82 Å². The molecule has 3 heterocycles. The highest BCUT2D eigenvalue weighted by atomic mass is 15.6. The number of imidazole rings is 1. The van der Waals surface area contributed by atoms with Crippen molar-refractivity contribution >= 4 is 11.5 Å². The molecule has 0 saturated carbocycles. The quantitative estimate of drug-likeness (QED) is 0.674. The summed E-state index contributed by atoms with van der Waals surface area (Å²) in [7, 11) is 1.95. The summed E-state index contributed by atoms with van der Waals surface area (Å²) in [6.45, 7) is 0.601. The second-order valence-corrected chi connectivity index (χ2v) is 3.55. The van der Waals surface area contributed by atoms with E-state index in [2.05, 4.69) is 30.9 Å². The van der Waals surface area contributed by atoms with Gasteiger partial charge in [0.1, 0.15) is 11.6 Å². The van der Waals surface area contributed by atoms with Crippen LogP contribution < -0.4 is 5.32 Å². The minimum atomic E-state index is 0.601. The maximum atomic E-state index is 4.21. The predicted molar refractivity (Wildman–Crippen MR) is 59.1 cm³/mol. The molecule has 0 aliphatic rings. The van der Waals surface area contributed by atoms with Gasteiger partial charge in [-0.25, -0.2) is 4.98 Å². The first-order chi connectivity index (χ1) is 8.33. The van der Waals surface area contributed by atoms with Crippen LogP contribution in [0.3, 0.4) is 0 Å². The van der Waals surface area contributed by atoms with Crippen LogP contribution in [0.2, 0.25) is 0 Å². The Morgan fingerprint density at radius 3 is 3.12 bits per heavy atom. The maximum Gasteiger partial charge on any atom is 0.200 e. The summed E-state index contributed by atoms with van der Waals surface area (Å²) in [6.07, 6.45) is 3.66. The van der Waals surface area contributed by atoms with Crippen molar-refractivity contribution < 1.29 is 0 Å². The van der Waals surface area contributed by atoms with Gasteiger partial charge in [0.05, 0.1) is 6.54 Å². The standard InChI is InChI=1S/C9H10N8/c1-16-5-4-10-9(16)6-11-7-2-3-8-12-14-15-17(8)13-7/h2-5H,6H2,1H3,(H,11,13). The molecule has 3 aromatic rings. The third kappa shape index (κ3) is 1.80. The highest BCUT2D eigenvalue weighted by Crippen LogP contribution is 2.05. The molecule has 0 atom stereocenters. The molecule has 3 rings (SSSR count). The average Bonchev–Trinajstić information content (AvgIpc) is 2.94. The first-order valence-electron chi connectivity index (χ1n) is 5.08. The molecule has 0 fully saturated rings. The number of tetrazole rings is 1. The smallest absolute Gasteiger partial charge is 0.200 e. The van der Waals surface area contributed by atoms with Crippen molar-refractivity contribution in [1.29, 1.82) is 0 Å². The van der Waals surface area contributed by atoms with E-state index in [0.29, 0.717) is 18.0 Å². The lowest BCUT2D eigenvalue weighted by Crippen LogP contribution is -2.08. The van der Waals surface area contributed by atoms with E-state index in [1.807, 2.05) is 23.9 Å². The maximum absolute atomic E-state index is 4.21. The molecule has 8 nitrogen and oxygen atoms in total. The van der Waals surface area contributed by atoms with Crippen molar-refractivity contribution in [2.45, 2.75) is 6.54 Å². The van der Waals surface area contributed by atoms with E-state index < -0.39 is 0 Å². The molecule has 0 saturated heterocycles. The van der Waals surface area contributed by atoms with Crippen LogP contribution in [-0.4, -0.2) is 34.8 Å². The monoisotopic (exact) mass is 230 g/mol. The Kier molecular flexibility index (Phi) is 2.18. The number of aromatic nitrogens is 7. The van der Waals surface area contributed by atoms with Gasteiger partial charge in [0.2, 0.25) is 0 Å².